The monoisotopic (exact) mass is 354 g/mol. The molecule has 0 amide bonds. The maximum Gasteiger partial charge on any atom is 0.492 e. The highest BCUT2D eigenvalue weighted by atomic mass is 79.9. The van der Waals surface area contributed by atoms with E-state index in [4.69, 9.17) is 4.74 Å². The third kappa shape index (κ3) is 3.63. The normalized spacial score (nSPS) is 10.4. The van der Waals surface area contributed by atoms with E-state index < -0.39 is 10.9 Å². The van der Waals surface area contributed by atoms with Crippen molar-refractivity contribution in [2.75, 3.05) is 6.61 Å². The molecule has 2 rings (SSSR count). The molecule has 0 bridgehead atoms. The van der Waals surface area contributed by atoms with Crippen LogP contribution in [0.2, 0.25) is 0 Å². The van der Waals surface area contributed by atoms with E-state index in [1.54, 1.807) is 24.3 Å². The Morgan fingerprint density at radius 3 is 2.62 bits per heavy atom. The first-order valence-electron chi connectivity index (χ1n) is 6.02. The van der Waals surface area contributed by atoms with Gasteiger partial charge < -0.3 is 14.9 Å². The van der Waals surface area contributed by atoms with E-state index in [9.17, 15) is 14.9 Å². The summed E-state index contributed by atoms with van der Waals surface area (Å²) < 4.78 is 6.56. The van der Waals surface area contributed by atoms with Crippen molar-refractivity contribution in [2.24, 2.45) is 0 Å². The molecule has 0 unspecified atom stereocenters. The fraction of sp³-hybridized carbons (Fsp3) is 0.250. The van der Waals surface area contributed by atoms with Gasteiger partial charge in [-0.25, -0.2) is 0 Å². The zero-order chi connectivity index (χ0) is 15.4. The molecule has 0 aliphatic rings. The lowest BCUT2D eigenvalue weighted by Gasteiger charge is -2.04. The van der Waals surface area contributed by atoms with Crippen molar-refractivity contribution in [2.45, 2.75) is 13.5 Å². The molecule has 0 saturated carbocycles. The van der Waals surface area contributed by atoms with Crippen LogP contribution in [0.15, 0.2) is 29.0 Å². The van der Waals surface area contributed by atoms with Crippen molar-refractivity contribution in [3.05, 3.63) is 44.7 Å². The SMILES string of the molecule is CCOc1ccc(C(=O)Cn2nc([N+](=O)[O-])nc2Br)cc1. The van der Waals surface area contributed by atoms with Gasteiger partial charge in [0.2, 0.25) is 0 Å². The Morgan fingerprint density at radius 1 is 1.43 bits per heavy atom. The molecule has 110 valence electrons. The summed E-state index contributed by atoms with van der Waals surface area (Å²) in [5.41, 5.74) is 0.462. The number of benzene rings is 1. The molecule has 1 aromatic carbocycles. The summed E-state index contributed by atoms with van der Waals surface area (Å²) >= 11 is 3.03. The molecule has 21 heavy (non-hydrogen) atoms. The van der Waals surface area contributed by atoms with Gasteiger partial charge in [-0.1, -0.05) is 0 Å². The summed E-state index contributed by atoms with van der Waals surface area (Å²) in [5.74, 6) is -0.119. The summed E-state index contributed by atoms with van der Waals surface area (Å²) in [6, 6.07) is 6.64. The number of Topliss-reactive ketones (excluding diaryl/α,β-unsaturated/α-hetero) is 1. The van der Waals surface area contributed by atoms with Crippen molar-refractivity contribution in [3.63, 3.8) is 0 Å². The number of hydrogen-bond acceptors (Lipinski definition) is 6. The van der Waals surface area contributed by atoms with Crippen LogP contribution in [0.1, 0.15) is 17.3 Å². The zero-order valence-corrected chi connectivity index (χ0v) is 12.6. The smallest absolute Gasteiger partial charge is 0.492 e. The number of hydrogen-bond donors (Lipinski definition) is 0. The van der Waals surface area contributed by atoms with Crippen molar-refractivity contribution in [1.29, 1.82) is 0 Å². The van der Waals surface area contributed by atoms with E-state index >= 15 is 0 Å². The van der Waals surface area contributed by atoms with Gasteiger partial charge in [-0.2, -0.15) is 4.68 Å². The number of ether oxygens (including phenoxy) is 1. The Labute approximate surface area is 128 Å². The molecular formula is C12H11BrN4O4. The van der Waals surface area contributed by atoms with Crippen molar-refractivity contribution in [3.8, 4) is 5.75 Å². The summed E-state index contributed by atoms with van der Waals surface area (Å²) in [4.78, 5) is 25.5. The Bertz CT molecular complexity index is 668. The van der Waals surface area contributed by atoms with Crippen molar-refractivity contribution in [1.82, 2.24) is 14.8 Å². The maximum absolute atomic E-state index is 12.1. The summed E-state index contributed by atoms with van der Waals surface area (Å²) in [6.07, 6.45) is 0. The summed E-state index contributed by atoms with van der Waals surface area (Å²) in [5, 5.41) is 14.2. The first-order valence-corrected chi connectivity index (χ1v) is 6.81. The van der Waals surface area contributed by atoms with Crippen molar-refractivity contribution >= 4 is 27.7 Å². The number of carbonyl (C=O) groups is 1. The van der Waals surface area contributed by atoms with Crippen LogP contribution in [-0.4, -0.2) is 32.1 Å². The van der Waals surface area contributed by atoms with Gasteiger partial charge >= 0.3 is 5.95 Å². The largest absolute Gasteiger partial charge is 0.494 e. The van der Waals surface area contributed by atoms with Crippen LogP contribution in [0, 0.1) is 10.1 Å². The van der Waals surface area contributed by atoms with Gasteiger partial charge in [-0.15, -0.1) is 0 Å². The van der Waals surface area contributed by atoms with Crippen LogP contribution in [0.25, 0.3) is 0 Å². The minimum atomic E-state index is -0.720. The number of carbonyl (C=O) groups excluding carboxylic acids is 1. The molecule has 0 aliphatic heterocycles. The lowest BCUT2D eigenvalue weighted by molar-refractivity contribution is -0.394. The predicted octanol–water partition coefficient (Wildman–Crippen LogP) is 2.23. The van der Waals surface area contributed by atoms with Gasteiger partial charge in [0.05, 0.1) is 6.61 Å². The zero-order valence-electron chi connectivity index (χ0n) is 11.0. The van der Waals surface area contributed by atoms with Crippen molar-refractivity contribution < 1.29 is 14.5 Å². The Kier molecular flexibility index (Phi) is 4.63. The molecule has 9 heteroatoms. The first-order chi connectivity index (χ1) is 10.0. The van der Waals surface area contributed by atoms with Gasteiger partial charge in [0.1, 0.15) is 12.3 Å². The Balaban J connectivity index is 2.12. The van der Waals surface area contributed by atoms with Crippen LogP contribution in [0.3, 0.4) is 0 Å². The number of nitrogens with zero attached hydrogens (tertiary/aromatic N) is 4. The number of aromatic nitrogens is 3. The molecule has 1 aromatic heterocycles. The Hall–Kier alpha value is -2.29. The second-order valence-corrected chi connectivity index (χ2v) is 4.69. The average Bonchev–Trinajstić information content (AvgIpc) is 2.81. The standard InChI is InChI=1S/C12H11BrN4O4/c1-2-21-9-5-3-8(4-6-9)10(18)7-16-11(13)14-12(15-16)17(19)20/h3-6H,2,7H2,1H3. The van der Waals surface area contributed by atoms with Gasteiger partial charge in [0, 0.05) is 26.6 Å². The lowest BCUT2D eigenvalue weighted by Crippen LogP contribution is -2.12. The first kappa shape index (κ1) is 15.1. The summed E-state index contributed by atoms with van der Waals surface area (Å²) in [7, 11) is 0. The lowest BCUT2D eigenvalue weighted by atomic mass is 10.1. The van der Waals surface area contributed by atoms with E-state index in [0.717, 1.165) is 4.68 Å². The molecule has 8 nitrogen and oxygen atoms in total. The highest BCUT2D eigenvalue weighted by molar-refractivity contribution is 9.10. The average molecular weight is 355 g/mol. The number of ketones is 1. The van der Waals surface area contributed by atoms with E-state index in [2.05, 4.69) is 26.0 Å². The molecule has 0 atom stereocenters. The van der Waals surface area contributed by atoms with E-state index in [1.165, 1.54) is 0 Å². The van der Waals surface area contributed by atoms with Crippen LogP contribution < -0.4 is 4.74 Å². The number of nitro groups is 1. The summed E-state index contributed by atoms with van der Waals surface area (Å²) in [6.45, 7) is 2.27. The molecule has 0 spiro atoms. The third-order valence-corrected chi connectivity index (χ3v) is 3.15. The third-order valence-electron chi connectivity index (χ3n) is 2.56. The second kappa shape index (κ2) is 6.44. The molecule has 0 N–H and O–H groups in total. The minimum Gasteiger partial charge on any atom is -0.494 e. The number of halogens is 1. The van der Waals surface area contributed by atoms with Gasteiger partial charge in [-0.3, -0.25) is 4.79 Å². The minimum absolute atomic E-state index is 0.133. The highest BCUT2D eigenvalue weighted by Gasteiger charge is 2.21. The molecule has 0 fully saturated rings. The van der Waals surface area contributed by atoms with Gasteiger partial charge in [-0.05, 0) is 41.1 Å². The molecular weight excluding hydrogens is 344 g/mol. The quantitative estimate of drug-likeness (QED) is 0.448. The number of rotatable bonds is 6. The molecule has 2 aromatic rings. The topological polar surface area (TPSA) is 100 Å². The van der Waals surface area contributed by atoms with Crippen LogP contribution >= 0.6 is 15.9 Å². The second-order valence-electron chi connectivity index (χ2n) is 3.98. The highest BCUT2D eigenvalue weighted by Crippen LogP contribution is 2.15. The van der Waals surface area contributed by atoms with Crippen LogP contribution in [-0.2, 0) is 6.54 Å². The Morgan fingerprint density at radius 2 is 2.10 bits per heavy atom. The van der Waals surface area contributed by atoms with Crippen LogP contribution in [0.5, 0.6) is 5.75 Å². The van der Waals surface area contributed by atoms with Crippen LogP contribution in [0.4, 0.5) is 5.95 Å². The van der Waals surface area contributed by atoms with Gasteiger partial charge in [0.15, 0.2) is 5.78 Å². The molecule has 0 radical (unpaired) electrons. The van der Waals surface area contributed by atoms with E-state index in [0.29, 0.717) is 17.9 Å². The fourth-order valence-electron chi connectivity index (χ4n) is 1.62. The maximum atomic E-state index is 12.1. The molecule has 0 aliphatic carbocycles. The molecule has 1 heterocycles. The predicted molar refractivity (Wildman–Crippen MR) is 76.3 cm³/mol. The van der Waals surface area contributed by atoms with Gasteiger partial charge in [0.25, 0.3) is 4.73 Å². The van der Waals surface area contributed by atoms with E-state index in [-0.39, 0.29) is 17.1 Å². The molecule has 0 saturated heterocycles. The fourth-order valence-corrected chi connectivity index (χ4v) is 1.98. The van der Waals surface area contributed by atoms with E-state index in [1.807, 2.05) is 6.92 Å².